The van der Waals surface area contributed by atoms with E-state index >= 15 is 0 Å². The maximum atomic E-state index is 13.9. The number of likely N-dealkylation sites (N-methyl/N-ethyl adjacent to an activating group) is 1. The predicted molar refractivity (Wildman–Crippen MR) is 139 cm³/mol. The summed E-state index contributed by atoms with van der Waals surface area (Å²) < 4.78 is 0. The zero-order chi connectivity index (χ0) is 27.8. The van der Waals surface area contributed by atoms with Crippen LogP contribution in [-0.4, -0.2) is 74.6 Å². The highest BCUT2D eigenvalue weighted by molar-refractivity contribution is 6.25. The van der Waals surface area contributed by atoms with E-state index in [-0.39, 0.29) is 29.7 Å². The number of carbonyl (C=O) groups is 3. The molecule has 5 rings (SSSR count). The van der Waals surface area contributed by atoms with Crippen LogP contribution in [0, 0.1) is 24.7 Å². The molecule has 1 amide bonds. The number of benzene rings is 2. The van der Waals surface area contributed by atoms with Gasteiger partial charge in [0, 0.05) is 23.2 Å². The first-order valence-electron chi connectivity index (χ1n) is 12.4. The molecule has 2 aromatic rings. The van der Waals surface area contributed by atoms with Crippen molar-refractivity contribution in [3.63, 3.8) is 0 Å². The largest absolute Gasteiger partial charge is 0.507 e. The molecule has 8 N–H and O–H groups in total. The predicted octanol–water partition coefficient (Wildman–Crippen LogP) is 0.687. The summed E-state index contributed by atoms with van der Waals surface area (Å²) in [6.45, 7) is 1.88. The minimum atomic E-state index is -2.68. The van der Waals surface area contributed by atoms with Gasteiger partial charge in [-0.05, 0) is 74.2 Å². The zero-order valence-corrected chi connectivity index (χ0v) is 21.3. The van der Waals surface area contributed by atoms with Gasteiger partial charge in [-0.15, -0.1) is 0 Å². The lowest BCUT2D eigenvalue weighted by Gasteiger charge is -2.53. The molecule has 2 unspecified atom stereocenters. The fraction of sp³-hybridized carbons (Fsp3) is 0.393. The molecule has 38 heavy (non-hydrogen) atoms. The van der Waals surface area contributed by atoms with Crippen molar-refractivity contribution in [2.75, 3.05) is 19.8 Å². The molecule has 200 valence electrons. The number of phenols is 1. The van der Waals surface area contributed by atoms with Crippen molar-refractivity contribution in [3.05, 3.63) is 52.6 Å². The number of carbonyl (C=O) groups excluding carboxylic acids is 3. The van der Waals surface area contributed by atoms with Crippen molar-refractivity contribution >= 4 is 28.9 Å². The molecular formula is C28H31N3O7. The van der Waals surface area contributed by atoms with Gasteiger partial charge in [0.1, 0.15) is 17.4 Å². The molecule has 0 radical (unpaired) electrons. The first-order valence-corrected chi connectivity index (χ1v) is 12.4. The molecule has 2 saturated carbocycles. The Morgan fingerprint density at radius 1 is 1.13 bits per heavy atom. The van der Waals surface area contributed by atoms with Gasteiger partial charge in [0.2, 0.25) is 11.7 Å². The summed E-state index contributed by atoms with van der Waals surface area (Å²) in [4.78, 5) is 41.0. The molecule has 0 aliphatic heterocycles. The number of anilines is 1. The van der Waals surface area contributed by atoms with Crippen LogP contribution in [0.4, 0.5) is 5.69 Å². The summed E-state index contributed by atoms with van der Waals surface area (Å²) in [5.74, 6) is -7.65. The van der Waals surface area contributed by atoms with Gasteiger partial charge >= 0.3 is 0 Å². The number of nitrogens with zero attached hydrogens (tertiary/aromatic N) is 1. The summed E-state index contributed by atoms with van der Waals surface area (Å²) in [6, 6.07) is 7.71. The van der Waals surface area contributed by atoms with Crippen LogP contribution >= 0.6 is 0 Å². The number of nitrogens with two attached hydrogens (primary N) is 2. The van der Waals surface area contributed by atoms with Crippen LogP contribution < -0.4 is 11.5 Å². The maximum Gasteiger partial charge on any atom is 0.230 e. The molecule has 0 saturated heterocycles. The number of primary amides is 1. The number of nitrogen functional groups attached to an aromatic ring is 1. The molecule has 2 fully saturated rings. The SMILES string of the molecule is Cc1ccc(-c2ccc(O)c3c2C[C@@H]2C[C@@H]4[C@@H](N(C)C)C(O)C(C(N)=O)C(=O)[C@]4(O)C(=O)C2=C3O)cc1N. The monoisotopic (exact) mass is 521 g/mol. The first kappa shape index (κ1) is 25.9. The van der Waals surface area contributed by atoms with Crippen LogP contribution in [0.2, 0.25) is 0 Å². The Balaban J connectivity index is 1.71. The average molecular weight is 522 g/mol. The maximum absolute atomic E-state index is 13.9. The third-order valence-corrected chi connectivity index (χ3v) is 8.56. The topological polar surface area (TPSA) is 187 Å². The second-order valence-corrected chi connectivity index (χ2v) is 10.8. The third-order valence-electron chi connectivity index (χ3n) is 8.56. The Kier molecular flexibility index (Phi) is 5.90. The van der Waals surface area contributed by atoms with Gasteiger partial charge in [0.05, 0.1) is 11.7 Å². The third kappa shape index (κ3) is 3.40. The minimum Gasteiger partial charge on any atom is -0.507 e. The van der Waals surface area contributed by atoms with Gasteiger partial charge in [0.15, 0.2) is 11.4 Å². The molecule has 0 heterocycles. The number of aliphatic hydroxyl groups is 3. The second kappa shape index (κ2) is 8.65. The quantitative estimate of drug-likeness (QED) is 0.249. The van der Waals surface area contributed by atoms with Crippen LogP contribution in [0.1, 0.15) is 23.1 Å². The number of rotatable bonds is 3. The number of hydrogen-bond donors (Lipinski definition) is 6. The molecular weight excluding hydrogens is 490 g/mol. The summed E-state index contributed by atoms with van der Waals surface area (Å²) in [5, 5.41) is 44.7. The highest BCUT2D eigenvalue weighted by Gasteiger charge is 2.67. The Morgan fingerprint density at radius 3 is 2.42 bits per heavy atom. The van der Waals surface area contributed by atoms with Crippen molar-refractivity contribution in [1.29, 1.82) is 0 Å². The molecule has 0 bridgehead atoms. The molecule has 10 nitrogen and oxygen atoms in total. The van der Waals surface area contributed by atoms with Crippen LogP contribution in [0.15, 0.2) is 35.9 Å². The second-order valence-electron chi connectivity index (χ2n) is 10.8. The van der Waals surface area contributed by atoms with E-state index in [0.29, 0.717) is 16.8 Å². The van der Waals surface area contributed by atoms with Crippen LogP contribution in [0.3, 0.4) is 0 Å². The van der Waals surface area contributed by atoms with E-state index < -0.39 is 58.7 Å². The number of Topliss-reactive ketones (excluding diaryl/α,β-unsaturated/α-hetero) is 2. The van der Waals surface area contributed by atoms with Crippen molar-refractivity contribution in [2.45, 2.75) is 37.5 Å². The number of aliphatic hydroxyl groups excluding tert-OH is 2. The van der Waals surface area contributed by atoms with Crippen molar-refractivity contribution < 1.29 is 34.8 Å². The van der Waals surface area contributed by atoms with E-state index in [9.17, 15) is 34.8 Å². The summed E-state index contributed by atoms with van der Waals surface area (Å²) in [6.07, 6.45) is -1.25. The fourth-order valence-electron chi connectivity index (χ4n) is 6.68. The van der Waals surface area contributed by atoms with Crippen molar-refractivity contribution in [1.82, 2.24) is 4.90 Å². The lowest BCUT2D eigenvalue weighted by molar-refractivity contribution is -0.184. The van der Waals surface area contributed by atoms with E-state index in [1.807, 2.05) is 19.1 Å². The molecule has 2 aromatic carbocycles. The number of aryl methyl sites for hydroxylation is 1. The Hall–Kier alpha value is -3.73. The van der Waals surface area contributed by atoms with Crippen LogP contribution in [-0.2, 0) is 20.8 Å². The number of amides is 1. The van der Waals surface area contributed by atoms with Gasteiger partial charge in [-0.2, -0.15) is 0 Å². The lowest BCUT2D eigenvalue weighted by atomic mass is 9.54. The van der Waals surface area contributed by atoms with E-state index in [2.05, 4.69) is 0 Å². The summed E-state index contributed by atoms with van der Waals surface area (Å²) >= 11 is 0. The van der Waals surface area contributed by atoms with Crippen molar-refractivity contribution in [2.24, 2.45) is 23.5 Å². The smallest absolute Gasteiger partial charge is 0.230 e. The number of phenolic OH excluding ortho intramolecular Hbond substituents is 1. The summed E-state index contributed by atoms with van der Waals surface area (Å²) in [7, 11) is 3.23. The Labute approximate surface area is 219 Å². The molecule has 10 heteroatoms. The molecule has 6 atom stereocenters. The zero-order valence-electron chi connectivity index (χ0n) is 21.3. The van der Waals surface area contributed by atoms with Crippen LogP contribution in [0.25, 0.3) is 16.9 Å². The van der Waals surface area contributed by atoms with Gasteiger partial charge in [-0.25, -0.2) is 0 Å². The average Bonchev–Trinajstić information content (AvgIpc) is 2.83. The van der Waals surface area contributed by atoms with Gasteiger partial charge in [0.25, 0.3) is 0 Å². The Bertz CT molecular complexity index is 1430. The number of aromatic hydroxyl groups is 1. The van der Waals surface area contributed by atoms with E-state index in [1.165, 1.54) is 6.07 Å². The normalized spacial score (nSPS) is 30.6. The molecule has 0 spiro atoms. The van der Waals surface area contributed by atoms with Crippen molar-refractivity contribution in [3.8, 4) is 16.9 Å². The highest BCUT2D eigenvalue weighted by atomic mass is 16.3. The number of ketones is 2. The van der Waals surface area contributed by atoms with E-state index in [0.717, 1.165) is 11.1 Å². The standard InChI is InChI=1S/C28H31N3O7/c1-11-4-5-12(10-17(11)29)14-6-7-18(32)20-15(14)8-13-9-16-22(31(2)3)24(34)21(27(30)37)26(36)28(16,38)25(35)19(13)23(20)33/h4-7,10,13,16,21-22,24,32-34,38H,8-9,29H2,1-3H3,(H2,30,37)/t13-,16-,21?,22-,24?,28-/m1/s1. The van der Waals surface area contributed by atoms with Gasteiger partial charge in [-0.3, -0.25) is 14.4 Å². The molecule has 3 aliphatic rings. The van der Waals surface area contributed by atoms with Gasteiger partial charge in [-0.1, -0.05) is 18.2 Å². The summed E-state index contributed by atoms with van der Waals surface area (Å²) in [5.41, 5.74) is 12.3. The fourth-order valence-corrected chi connectivity index (χ4v) is 6.68. The minimum absolute atomic E-state index is 0.0437. The van der Waals surface area contributed by atoms with E-state index in [1.54, 1.807) is 31.1 Å². The molecule has 3 aliphatic carbocycles. The lowest BCUT2D eigenvalue weighted by Crippen LogP contribution is -2.73. The van der Waals surface area contributed by atoms with Crippen LogP contribution in [0.5, 0.6) is 5.75 Å². The van der Waals surface area contributed by atoms with Gasteiger partial charge < -0.3 is 36.8 Å². The van der Waals surface area contributed by atoms with E-state index in [4.69, 9.17) is 11.5 Å². The number of hydrogen-bond acceptors (Lipinski definition) is 9. The number of fused-ring (bicyclic) bond motifs is 3. The highest BCUT2D eigenvalue weighted by Crippen LogP contribution is 2.53. The Morgan fingerprint density at radius 2 is 1.82 bits per heavy atom. The molecule has 0 aromatic heterocycles. The first-order chi connectivity index (χ1) is 17.8.